The van der Waals surface area contributed by atoms with E-state index in [1.807, 2.05) is 18.2 Å². The first-order chi connectivity index (χ1) is 13.4. The Bertz CT molecular complexity index is 1040. The van der Waals surface area contributed by atoms with Crippen LogP contribution in [0.1, 0.15) is 31.8 Å². The minimum absolute atomic E-state index is 0.0787. The predicted molar refractivity (Wildman–Crippen MR) is 103 cm³/mol. The fourth-order valence-electron chi connectivity index (χ4n) is 2.93. The largest absolute Gasteiger partial charge is 0.478 e. The number of rotatable bonds is 6. The number of carbonyl (C=O) groups is 2. The van der Waals surface area contributed by atoms with E-state index in [9.17, 15) is 24.9 Å². The molecule has 0 aromatic heterocycles. The maximum atomic E-state index is 11.8. The van der Waals surface area contributed by atoms with Crippen LogP contribution in [0.4, 0.5) is 0 Å². The maximum absolute atomic E-state index is 11.8. The summed E-state index contributed by atoms with van der Waals surface area (Å²) in [5.41, 5.74) is 1.53. The Morgan fingerprint density at radius 1 is 0.857 bits per heavy atom. The van der Waals surface area contributed by atoms with Crippen LogP contribution in [0.25, 0.3) is 11.1 Å². The van der Waals surface area contributed by atoms with E-state index < -0.39 is 11.9 Å². The molecule has 0 amide bonds. The van der Waals surface area contributed by atoms with Crippen LogP contribution in [0.2, 0.25) is 0 Å². The fraction of sp³-hybridized carbons (Fsp3) is 0.0909. The molecule has 0 aliphatic rings. The fourth-order valence-corrected chi connectivity index (χ4v) is 2.93. The summed E-state index contributed by atoms with van der Waals surface area (Å²) in [6, 6.07) is 16.6. The van der Waals surface area contributed by atoms with Crippen molar-refractivity contribution in [3.63, 3.8) is 0 Å². The minimum atomic E-state index is -1.25. The molecule has 0 spiro atoms. The van der Waals surface area contributed by atoms with Crippen molar-refractivity contribution in [1.29, 1.82) is 0 Å². The van der Waals surface area contributed by atoms with E-state index in [1.54, 1.807) is 37.3 Å². The van der Waals surface area contributed by atoms with Gasteiger partial charge < -0.3 is 20.1 Å². The second kappa shape index (κ2) is 7.94. The van der Waals surface area contributed by atoms with Crippen LogP contribution in [-0.2, 0) is 6.61 Å². The third-order valence-corrected chi connectivity index (χ3v) is 4.31. The van der Waals surface area contributed by atoms with Crippen molar-refractivity contribution in [1.82, 2.24) is 0 Å². The highest BCUT2D eigenvalue weighted by molar-refractivity contribution is 6.01. The highest BCUT2D eigenvalue weighted by Gasteiger charge is 2.21. The number of para-hydroxylation sites is 1. The predicted octanol–water partition coefficient (Wildman–Crippen LogP) is 4.34. The standard InChI is InChI=1S/C22H18O6/c1-13-9-17(19(22(26)27)11-16(13)21(24)25)18-10-14(12-23)7-8-20(18)28-15-5-3-2-4-6-15/h2-11,23H,12H2,1H3,(H,24,25)(H,26,27). The van der Waals surface area contributed by atoms with Crippen molar-refractivity contribution in [2.45, 2.75) is 13.5 Å². The van der Waals surface area contributed by atoms with E-state index in [4.69, 9.17) is 4.74 Å². The Hall–Kier alpha value is -3.64. The average Bonchev–Trinajstić information content (AvgIpc) is 2.68. The number of carboxylic acids is 2. The number of ether oxygens (including phenoxy) is 1. The van der Waals surface area contributed by atoms with E-state index in [0.717, 1.165) is 6.07 Å². The molecule has 142 valence electrons. The summed E-state index contributed by atoms with van der Waals surface area (Å²) in [7, 11) is 0. The van der Waals surface area contributed by atoms with Gasteiger partial charge in [-0.3, -0.25) is 0 Å². The molecule has 3 aromatic carbocycles. The Morgan fingerprint density at radius 3 is 2.14 bits per heavy atom. The summed E-state index contributed by atoms with van der Waals surface area (Å²) in [5.74, 6) is -1.49. The van der Waals surface area contributed by atoms with Crippen LogP contribution in [0.5, 0.6) is 11.5 Å². The normalized spacial score (nSPS) is 10.5. The first-order valence-electron chi connectivity index (χ1n) is 8.49. The average molecular weight is 378 g/mol. The van der Waals surface area contributed by atoms with Crippen LogP contribution in [-0.4, -0.2) is 27.3 Å². The maximum Gasteiger partial charge on any atom is 0.336 e. The molecule has 0 saturated carbocycles. The van der Waals surface area contributed by atoms with Crippen molar-refractivity contribution in [3.8, 4) is 22.6 Å². The molecular formula is C22H18O6. The van der Waals surface area contributed by atoms with Gasteiger partial charge in [-0.05, 0) is 54.4 Å². The lowest BCUT2D eigenvalue weighted by molar-refractivity contribution is 0.0695. The monoisotopic (exact) mass is 378 g/mol. The molecule has 28 heavy (non-hydrogen) atoms. The second-order valence-electron chi connectivity index (χ2n) is 6.23. The van der Waals surface area contributed by atoms with E-state index >= 15 is 0 Å². The number of aromatic carboxylic acids is 2. The molecule has 0 atom stereocenters. The van der Waals surface area contributed by atoms with Gasteiger partial charge in [-0.1, -0.05) is 24.3 Å². The van der Waals surface area contributed by atoms with Gasteiger partial charge in [0, 0.05) is 11.1 Å². The van der Waals surface area contributed by atoms with Gasteiger partial charge in [0.1, 0.15) is 11.5 Å². The molecule has 3 N–H and O–H groups in total. The highest BCUT2D eigenvalue weighted by Crippen LogP contribution is 2.37. The van der Waals surface area contributed by atoms with Gasteiger partial charge in [-0.15, -0.1) is 0 Å². The van der Waals surface area contributed by atoms with E-state index in [1.165, 1.54) is 6.07 Å². The van der Waals surface area contributed by atoms with Crippen LogP contribution in [0.3, 0.4) is 0 Å². The van der Waals surface area contributed by atoms with E-state index in [-0.39, 0.29) is 17.7 Å². The summed E-state index contributed by atoms with van der Waals surface area (Å²) in [6.45, 7) is 1.37. The zero-order valence-electron chi connectivity index (χ0n) is 15.0. The first-order valence-corrected chi connectivity index (χ1v) is 8.49. The number of aliphatic hydroxyl groups excluding tert-OH is 1. The SMILES string of the molecule is Cc1cc(-c2cc(CO)ccc2Oc2ccccc2)c(C(=O)O)cc1C(=O)O. The summed E-state index contributed by atoms with van der Waals surface area (Å²) < 4.78 is 5.92. The quantitative estimate of drug-likeness (QED) is 0.589. The summed E-state index contributed by atoms with van der Waals surface area (Å²) in [5, 5.41) is 28.5. The van der Waals surface area contributed by atoms with Crippen molar-refractivity contribution in [2.75, 3.05) is 0 Å². The molecule has 0 fully saturated rings. The molecule has 0 aliphatic heterocycles. The Balaban J connectivity index is 2.23. The van der Waals surface area contributed by atoms with Gasteiger partial charge in [0.25, 0.3) is 0 Å². The highest BCUT2D eigenvalue weighted by atomic mass is 16.5. The number of carboxylic acid groups (broad SMARTS) is 2. The molecule has 0 saturated heterocycles. The molecule has 3 rings (SSSR count). The number of aliphatic hydroxyl groups is 1. The number of aryl methyl sites for hydroxylation is 1. The molecule has 0 heterocycles. The van der Waals surface area contributed by atoms with Gasteiger partial charge in [0.15, 0.2) is 0 Å². The number of hydrogen-bond donors (Lipinski definition) is 3. The molecule has 3 aromatic rings. The summed E-state index contributed by atoms with van der Waals surface area (Å²) >= 11 is 0. The van der Waals surface area contributed by atoms with Crippen molar-refractivity contribution in [3.05, 3.63) is 82.9 Å². The third-order valence-electron chi connectivity index (χ3n) is 4.31. The van der Waals surface area contributed by atoms with Gasteiger partial charge in [-0.25, -0.2) is 9.59 Å². The molecule has 0 unspecified atom stereocenters. The zero-order chi connectivity index (χ0) is 20.3. The lowest BCUT2D eigenvalue weighted by Gasteiger charge is -2.16. The van der Waals surface area contributed by atoms with Crippen molar-refractivity contribution >= 4 is 11.9 Å². The van der Waals surface area contributed by atoms with E-state index in [0.29, 0.717) is 33.8 Å². The molecule has 0 radical (unpaired) electrons. The molecule has 0 bridgehead atoms. The summed E-state index contributed by atoms with van der Waals surface area (Å²) in [6.07, 6.45) is 0. The van der Waals surface area contributed by atoms with Gasteiger partial charge in [0.2, 0.25) is 0 Å². The molecule has 6 nitrogen and oxygen atoms in total. The Labute approximate surface area is 161 Å². The van der Waals surface area contributed by atoms with Crippen LogP contribution in [0.15, 0.2) is 60.7 Å². The van der Waals surface area contributed by atoms with Crippen LogP contribution < -0.4 is 4.74 Å². The number of benzene rings is 3. The van der Waals surface area contributed by atoms with Gasteiger partial charge in [-0.2, -0.15) is 0 Å². The van der Waals surface area contributed by atoms with Crippen LogP contribution >= 0.6 is 0 Å². The van der Waals surface area contributed by atoms with E-state index in [2.05, 4.69) is 0 Å². The smallest absolute Gasteiger partial charge is 0.336 e. The van der Waals surface area contributed by atoms with Crippen molar-refractivity contribution in [2.24, 2.45) is 0 Å². The second-order valence-corrected chi connectivity index (χ2v) is 6.23. The first kappa shape index (κ1) is 19.1. The lowest BCUT2D eigenvalue weighted by Crippen LogP contribution is -2.07. The Kier molecular flexibility index (Phi) is 5.42. The zero-order valence-corrected chi connectivity index (χ0v) is 15.0. The summed E-state index contributed by atoms with van der Waals surface area (Å²) in [4.78, 5) is 23.2. The lowest BCUT2D eigenvalue weighted by atomic mass is 9.92. The topological polar surface area (TPSA) is 104 Å². The van der Waals surface area contributed by atoms with Gasteiger partial charge >= 0.3 is 11.9 Å². The van der Waals surface area contributed by atoms with Crippen LogP contribution in [0, 0.1) is 6.92 Å². The molecule has 0 aliphatic carbocycles. The number of hydrogen-bond acceptors (Lipinski definition) is 4. The third kappa shape index (κ3) is 3.87. The van der Waals surface area contributed by atoms with Gasteiger partial charge in [0.05, 0.1) is 17.7 Å². The van der Waals surface area contributed by atoms with Crippen molar-refractivity contribution < 1.29 is 29.6 Å². The Morgan fingerprint density at radius 2 is 1.54 bits per heavy atom. The molecular weight excluding hydrogens is 360 g/mol. The molecule has 6 heteroatoms. The minimum Gasteiger partial charge on any atom is -0.478 e.